The Hall–Kier alpha value is -2.53. The number of aryl methyl sites for hydroxylation is 1. The summed E-state index contributed by atoms with van der Waals surface area (Å²) in [6.45, 7) is 1.90. The molecule has 0 radical (unpaired) electrons. The highest BCUT2D eigenvalue weighted by atomic mass is 32.2. The van der Waals surface area contributed by atoms with Crippen LogP contribution in [0.4, 0.5) is 11.6 Å². The van der Waals surface area contributed by atoms with Gasteiger partial charge >= 0.3 is 0 Å². The Morgan fingerprint density at radius 1 is 1.26 bits per heavy atom. The molecule has 1 fully saturated rings. The van der Waals surface area contributed by atoms with Gasteiger partial charge in [0.15, 0.2) is 0 Å². The molecule has 0 spiro atoms. The number of ether oxygens (including phenoxy) is 1. The van der Waals surface area contributed by atoms with Gasteiger partial charge in [-0.1, -0.05) is 11.3 Å². The lowest BCUT2D eigenvalue weighted by Crippen LogP contribution is -2.11. The van der Waals surface area contributed by atoms with Gasteiger partial charge in [-0.25, -0.2) is 28.4 Å². The molecule has 142 valence electrons. The fraction of sp³-hybridized carbons (Fsp3) is 0.375. The SMILES string of the molecule is COc1ncc(-c2nc3c(C)nc(NC4CC4)nc3s2)cc1NS(C)(=O)=O. The lowest BCUT2D eigenvalue weighted by atomic mass is 10.2. The van der Waals surface area contributed by atoms with E-state index < -0.39 is 10.0 Å². The lowest BCUT2D eigenvalue weighted by Gasteiger charge is -2.09. The van der Waals surface area contributed by atoms with E-state index in [4.69, 9.17) is 4.74 Å². The highest BCUT2D eigenvalue weighted by Crippen LogP contribution is 2.34. The molecule has 1 aliphatic rings. The quantitative estimate of drug-likeness (QED) is 0.640. The average molecular weight is 406 g/mol. The van der Waals surface area contributed by atoms with E-state index in [0.717, 1.165) is 35.1 Å². The van der Waals surface area contributed by atoms with Crippen molar-refractivity contribution in [3.8, 4) is 16.5 Å². The Kier molecular flexibility index (Phi) is 4.35. The maximum atomic E-state index is 11.6. The number of nitrogens with zero attached hydrogens (tertiary/aromatic N) is 4. The standard InChI is InChI=1S/C16H18N6O3S2/c1-8-12-15(21-16(18-8)19-10-4-5-10)26-14(20-12)9-6-11(22-27(3,23)24)13(25-2)17-7-9/h6-7,10,22H,4-5H2,1-3H3,(H,18,19,21). The average Bonchev–Trinajstić information content (AvgIpc) is 3.28. The largest absolute Gasteiger partial charge is 0.480 e. The van der Waals surface area contributed by atoms with Crippen LogP contribution in [0.3, 0.4) is 0 Å². The summed E-state index contributed by atoms with van der Waals surface area (Å²) in [5.41, 5.74) is 2.45. The number of nitrogens with one attached hydrogen (secondary N) is 2. The van der Waals surface area contributed by atoms with Gasteiger partial charge in [-0.3, -0.25) is 4.72 Å². The van der Waals surface area contributed by atoms with Gasteiger partial charge < -0.3 is 10.1 Å². The summed E-state index contributed by atoms with van der Waals surface area (Å²) < 4.78 is 30.8. The van der Waals surface area contributed by atoms with Crippen LogP contribution in [-0.4, -0.2) is 47.8 Å². The Balaban J connectivity index is 1.75. The first-order chi connectivity index (χ1) is 12.8. The Bertz CT molecular complexity index is 1120. The molecule has 0 bridgehead atoms. The first kappa shape index (κ1) is 17.9. The number of methoxy groups -OCH3 is 1. The molecule has 1 saturated carbocycles. The number of hydrogen-bond donors (Lipinski definition) is 2. The maximum absolute atomic E-state index is 11.6. The molecule has 3 heterocycles. The van der Waals surface area contributed by atoms with Gasteiger partial charge in [0.25, 0.3) is 0 Å². The number of pyridine rings is 1. The van der Waals surface area contributed by atoms with Crippen LogP contribution < -0.4 is 14.8 Å². The molecular formula is C16H18N6O3S2. The second-order valence-electron chi connectivity index (χ2n) is 6.38. The second-order valence-corrected chi connectivity index (χ2v) is 9.11. The fourth-order valence-corrected chi connectivity index (χ4v) is 4.08. The number of fused-ring (bicyclic) bond motifs is 1. The van der Waals surface area contributed by atoms with Gasteiger partial charge in [0, 0.05) is 17.8 Å². The van der Waals surface area contributed by atoms with Crippen molar-refractivity contribution in [2.75, 3.05) is 23.4 Å². The van der Waals surface area contributed by atoms with E-state index in [9.17, 15) is 8.42 Å². The van der Waals surface area contributed by atoms with Crippen LogP contribution in [0.1, 0.15) is 18.5 Å². The van der Waals surface area contributed by atoms with Crippen molar-refractivity contribution in [1.82, 2.24) is 19.9 Å². The number of anilines is 2. The normalized spacial score (nSPS) is 14.3. The van der Waals surface area contributed by atoms with Crippen molar-refractivity contribution in [2.45, 2.75) is 25.8 Å². The minimum Gasteiger partial charge on any atom is -0.480 e. The number of sulfonamides is 1. The minimum atomic E-state index is -3.47. The molecule has 0 amide bonds. The molecule has 0 atom stereocenters. The molecule has 9 nitrogen and oxygen atoms in total. The third kappa shape index (κ3) is 3.93. The van der Waals surface area contributed by atoms with Crippen LogP contribution >= 0.6 is 11.3 Å². The lowest BCUT2D eigenvalue weighted by molar-refractivity contribution is 0.400. The van der Waals surface area contributed by atoms with Crippen molar-refractivity contribution in [3.05, 3.63) is 18.0 Å². The zero-order valence-corrected chi connectivity index (χ0v) is 16.6. The van der Waals surface area contributed by atoms with Crippen LogP contribution in [0.15, 0.2) is 12.3 Å². The smallest absolute Gasteiger partial charge is 0.238 e. The molecule has 0 saturated heterocycles. The van der Waals surface area contributed by atoms with E-state index in [1.165, 1.54) is 18.4 Å². The third-order valence-corrected chi connectivity index (χ3v) is 5.52. The van der Waals surface area contributed by atoms with Crippen molar-refractivity contribution in [1.29, 1.82) is 0 Å². The van der Waals surface area contributed by atoms with Gasteiger partial charge in [-0.15, -0.1) is 0 Å². The highest BCUT2D eigenvalue weighted by molar-refractivity contribution is 7.92. The zero-order valence-electron chi connectivity index (χ0n) is 15.0. The summed E-state index contributed by atoms with van der Waals surface area (Å²) in [6, 6.07) is 2.11. The van der Waals surface area contributed by atoms with E-state index in [0.29, 0.717) is 22.6 Å². The molecule has 0 unspecified atom stereocenters. The molecule has 4 rings (SSSR count). The number of rotatable bonds is 6. The molecule has 1 aliphatic carbocycles. The molecule has 0 aliphatic heterocycles. The van der Waals surface area contributed by atoms with Crippen LogP contribution in [0.2, 0.25) is 0 Å². The van der Waals surface area contributed by atoms with Crippen LogP contribution in [0, 0.1) is 6.92 Å². The molecular weight excluding hydrogens is 388 g/mol. The van der Waals surface area contributed by atoms with Crippen molar-refractivity contribution in [3.63, 3.8) is 0 Å². The van der Waals surface area contributed by atoms with E-state index in [1.54, 1.807) is 12.3 Å². The number of hydrogen-bond acceptors (Lipinski definition) is 9. The molecule has 3 aromatic heterocycles. The Morgan fingerprint density at radius 3 is 2.70 bits per heavy atom. The summed E-state index contributed by atoms with van der Waals surface area (Å²) in [7, 11) is -2.04. The maximum Gasteiger partial charge on any atom is 0.238 e. The predicted octanol–water partition coefficient (Wildman–Crippen LogP) is 2.41. The van der Waals surface area contributed by atoms with Crippen LogP contribution in [0.5, 0.6) is 5.88 Å². The molecule has 3 aromatic rings. The minimum absolute atomic E-state index is 0.192. The first-order valence-electron chi connectivity index (χ1n) is 8.26. The summed E-state index contributed by atoms with van der Waals surface area (Å²) >= 11 is 1.41. The fourth-order valence-electron chi connectivity index (χ4n) is 2.56. The number of aromatic nitrogens is 4. The topological polar surface area (TPSA) is 119 Å². The van der Waals surface area contributed by atoms with E-state index in [-0.39, 0.29) is 11.6 Å². The summed E-state index contributed by atoms with van der Waals surface area (Å²) in [5.74, 6) is 0.808. The molecule has 2 N–H and O–H groups in total. The second kappa shape index (κ2) is 6.57. The van der Waals surface area contributed by atoms with Gasteiger partial charge in [0.2, 0.25) is 21.9 Å². The summed E-state index contributed by atoms with van der Waals surface area (Å²) in [4.78, 5) is 18.6. The Labute approximate surface area is 160 Å². The van der Waals surface area contributed by atoms with Crippen molar-refractivity contribution >= 4 is 43.3 Å². The van der Waals surface area contributed by atoms with Gasteiger partial charge in [0.05, 0.1) is 19.1 Å². The summed E-state index contributed by atoms with van der Waals surface area (Å²) in [6.07, 6.45) is 4.95. The first-order valence-corrected chi connectivity index (χ1v) is 11.0. The van der Waals surface area contributed by atoms with Crippen LogP contribution in [0.25, 0.3) is 20.9 Å². The third-order valence-electron chi connectivity index (χ3n) is 3.93. The van der Waals surface area contributed by atoms with Crippen molar-refractivity contribution < 1.29 is 13.2 Å². The summed E-state index contributed by atoms with van der Waals surface area (Å²) in [5, 5.41) is 3.98. The Morgan fingerprint density at radius 2 is 2.04 bits per heavy atom. The van der Waals surface area contributed by atoms with E-state index in [2.05, 4.69) is 30.0 Å². The molecule has 27 heavy (non-hydrogen) atoms. The van der Waals surface area contributed by atoms with Gasteiger partial charge in [0.1, 0.15) is 21.0 Å². The monoisotopic (exact) mass is 406 g/mol. The zero-order chi connectivity index (χ0) is 19.2. The molecule has 11 heteroatoms. The number of thiazole rings is 1. The van der Waals surface area contributed by atoms with Gasteiger partial charge in [-0.2, -0.15) is 0 Å². The van der Waals surface area contributed by atoms with Gasteiger partial charge in [-0.05, 0) is 25.8 Å². The van der Waals surface area contributed by atoms with Crippen LogP contribution in [-0.2, 0) is 10.0 Å². The highest BCUT2D eigenvalue weighted by Gasteiger charge is 2.23. The van der Waals surface area contributed by atoms with E-state index >= 15 is 0 Å². The molecule has 0 aromatic carbocycles. The predicted molar refractivity (Wildman–Crippen MR) is 105 cm³/mol. The van der Waals surface area contributed by atoms with E-state index in [1.807, 2.05) is 6.92 Å². The van der Waals surface area contributed by atoms with Crippen molar-refractivity contribution in [2.24, 2.45) is 0 Å².